The quantitative estimate of drug-likeness (QED) is 0.869. The normalized spacial score (nSPS) is 10.4. The van der Waals surface area contributed by atoms with Gasteiger partial charge in [-0.05, 0) is 30.7 Å². The molecule has 2 N–H and O–H groups in total. The van der Waals surface area contributed by atoms with Gasteiger partial charge in [-0.15, -0.1) is 0 Å². The Labute approximate surface area is 104 Å². The predicted molar refractivity (Wildman–Crippen MR) is 69.5 cm³/mol. The third-order valence-corrected chi connectivity index (χ3v) is 2.71. The number of aryl methyl sites for hydroxylation is 1. The molecule has 0 spiro atoms. The maximum Gasteiger partial charge on any atom is 0.339 e. The summed E-state index contributed by atoms with van der Waals surface area (Å²) in [7, 11) is 3.21. The molecule has 0 saturated heterocycles. The first kappa shape index (κ1) is 12.2. The SMILES string of the molecule is CNc1nc2c(OC)cc(C)cc2cc1C(=O)O. The molecule has 0 aliphatic rings. The highest BCUT2D eigenvalue weighted by atomic mass is 16.5. The number of benzene rings is 1. The number of aromatic nitrogens is 1. The van der Waals surface area contributed by atoms with Gasteiger partial charge in [-0.2, -0.15) is 0 Å². The van der Waals surface area contributed by atoms with Gasteiger partial charge in [0.05, 0.1) is 7.11 Å². The molecular formula is C13H14N2O3. The molecule has 0 aliphatic carbocycles. The van der Waals surface area contributed by atoms with E-state index in [1.54, 1.807) is 20.2 Å². The highest BCUT2D eigenvalue weighted by molar-refractivity contribution is 5.99. The van der Waals surface area contributed by atoms with Crippen molar-refractivity contribution >= 4 is 22.7 Å². The van der Waals surface area contributed by atoms with Crippen LogP contribution in [-0.2, 0) is 0 Å². The molecule has 0 bridgehead atoms. The second kappa shape index (κ2) is 4.52. The molecule has 5 heteroatoms. The minimum absolute atomic E-state index is 0.151. The molecule has 0 saturated carbocycles. The lowest BCUT2D eigenvalue weighted by molar-refractivity contribution is 0.0698. The van der Waals surface area contributed by atoms with Crippen molar-refractivity contribution < 1.29 is 14.6 Å². The molecule has 2 rings (SSSR count). The molecule has 0 radical (unpaired) electrons. The van der Waals surface area contributed by atoms with Crippen molar-refractivity contribution in [3.8, 4) is 5.75 Å². The fraction of sp³-hybridized carbons (Fsp3) is 0.231. The summed E-state index contributed by atoms with van der Waals surface area (Å²) in [6.07, 6.45) is 0. The third kappa shape index (κ3) is 1.95. The first-order chi connectivity index (χ1) is 8.56. The number of pyridine rings is 1. The second-order valence-corrected chi connectivity index (χ2v) is 3.98. The van der Waals surface area contributed by atoms with E-state index in [-0.39, 0.29) is 5.56 Å². The van der Waals surface area contributed by atoms with Gasteiger partial charge in [-0.25, -0.2) is 9.78 Å². The summed E-state index contributed by atoms with van der Waals surface area (Å²) in [5, 5.41) is 12.7. The molecule has 0 unspecified atom stereocenters. The number of aromatic carboxylic acids is 1. The number of carboxylic acid groups (broad SMARTS) is 1. The fourth-order valence-corrected chi connectivity index (χ4v) is 1.91. The van der Waals surface area contributed by atoms with E-state index in [1.165, 1.54) is 0 Å². The van der Waals surface area contributed by atoms with Crippen LogP contribution in [0, 0.1) is 6.92 Å². The van der Waals surface area contributed by atoms with E-state index in [4.69, 9.17) is 9.84 Å². The average Bonchev–Trinajstić information content (AvgIpc) is 2.35. The van der Waals surface area contributed by atoms with E-state index in [0.717, 1.165) is 10.9 Å². The molecule has 1 heterocycles. The lowest BCUT2D eigenvalue weighted by Gasteiger charge is -2.10. The monoisotopic (exact) mass is 246 g/mol. The minimum Gasteiger partial charge on any atom is -0.494 e. The molecular weight excluding hydrogens is 232 g/mol. The van der Waals surface area contributed by atoms with Crippen LogP contribution in [0.1, 0.15) is 15.9 Å². The van der Waals surface area contributed by atoms with Crippen LogP contribution in [0.3, 0.4) is 0 Å². The van der Waals surface area contributed by atoms with Crippen LogP contribution >= 0.6 is 0 Å². The van der Waals surface area contributed by atoms with Gasteiger partial charge in [0.15, 0.2) is 0 Å². The number of rotatable bonds is 3. The molecule has 0 aliphatic heterocycles. The Morgan fingerprint density at radius 2 is 2.11 bits per heavy atom. The van der Waals surface area contributed by atoms with Crippen molar-refractivity contribution in [3.05, 3.63) is 29.3 Å². The third-order valence-electron chi connectivity index (χ3n) is 2.71. The number of nitrogens with one attached hydrogen (secondary N) is 1. The Morgan fingerprint density at radius 1 is 1.39 bits per heavy atom. The van der Waals surface area contributed by atoms with E-state index < -0.39 is 5.97 Å². The van der Waals surface area contributed by atoms with Gasteiger partial charge >= 0.3 is 5.97 Å². The molecule has 5 nitrogen and oxygen atoms in total. The molecule has 0 fully saturated rings. The molecule has 18 heavy (non-hydrogen) atoms. The van der Waals surface area contributed by atoms with Crippen LogP contribution in [-0.4, -0.2) is 30.2 Å². The van der Waals surface area contributed by atoms with Crippen LogP contribution in [0.25, 0.3) is 10.9 Å². The summed E-state index contributed by atoms with van der Waals surface area (Å²) in [4.78, 5) is 15.5. The van der Waals surface area contributed by atoms with Gasteiger partial charge in [0.25, 0.3) is 0 Å². The molecule has 0 amide bonds. The Kier molecular flexibility index (Phi) is 3.06. The van der Waals surface area contributed by atoms with Crippen molar-refractivity contribution in [2.24, 2.45) is 0 Å². The first-order valence-corrected chi connectivity index (χ1v) is 5.47. The second-order valence-electron chi connectivity index (χ2n) is 3.98. The predicted octanol–water partition coefficient (Wildman–Crippen LogP) is 2.29. The number of carbonyl (C=O) groups is 1. The zero-order valence-corrected chi connectivity index (χ0v) is 10.4. The van der Waals surface area contributed by atoms with E-state index in [2.05, 4.69) is 10.3 Å². The fourth-order valence-electron chi connectivity index (χ4n) is 1.91. The summed E-state index contributed by atoms with van der Waals surface area (Å²) < 4.78 is 5.27. The van der Waals surface area contributed by atoms with Crippen molar-refractivity contribution in [2.75, 3.05) is 19.5 Å². The largest absolute Gasteiger partial charge is 0.494 e. The van der Waals surface area contributed by atoms with Crippen molar-refractivity contribution in [1.82, 2.24) is 4.98 Å². The van der Waals surface area contributed by atoms with Crippen LogP contribution in [0.5, 0.6) is 5.75 Å². The molecule has 2 aromatic rings. The number of fused-ring (bicyclic) bond motifs is 1. The Balaban J connectivity index is 2.82. The number of hydrogen-bond donors (Lipinski definition) is 2. The van der Waals surface area contributed by atoms with Crippen LogP contribution < -0.4 is 10.1 Å². The van der Waals surface area contributed by atoms with E-state index in [9.17, 15) is 4.79 Å². The average molecular weight is 246 g/mol. The summed E-state index contributed by atoms with van der Waals surface area (Å²) in [6, 6.07) is 5.36. The number of carboxylic acids is 1. The Morgan fingerprint density at radius 3 is 2.67 bits per heavy atom. The number of ether oxygens (including phenoxy) is 1. The molecule has 94 valence electrons. The number of hydrogen-bond acceptors (Lipinski definition) is 4. The van der Waals surface area contributed by atoms with E-state index in [0.29, 0.717) is 17.1 Å². The highest BCUT2D eigenvalue weighted by Crippen LogP contribution is 2.29. The van der Waals surface area contributed by atoms with Gasteiger partial charge < -0.3 is 15.2 Å². The Hall–Kier alpha value is -2.30. The zero-order chi connectivity index (χ0) is 13.3. The summed E-state index contributed by atoms with van der Waals surface area (Å²) >= 11 is 0. The zero-order valence-electron chi connectivity index (χ0n) is 10.4. The molecule has 1 aromatic carbocycles. The number of nitrogens with zero attached hydrogens (tertiary/aromatic N) is 1. The maximum atomic E-state index is 11.2. The van der Waals surface area contributed by atoms with Gasteiger partial charge in [0.1, 0.15) is 22.6 Å². The van der Waals surface area contributed by atoms with Gasteiger partial charge in [-0.3, -0.25) is 0 Å². The van der Waals surface area contributed by atoms with Crippen molar-refractivity contribution in [1.29, 1.82) is 0 Å². The van der Waals surface area contributed by atoms with E-state index in [1.807, 2.05) is 19.1 Å². The Bertz CT molecular complexity index is 623. The topological polar surface area (TPSA) is 71.5 Å². The van der Waals surface area contributed by atoms with E-state index >= 15 is 0 Å². The summed E-state index contributed by atoms with van der Waals surface area (Å²) in [5.74, 6) is -0.0372. The standard InChI is InChI=1S/C13H14N2O3/c1-7-4-8-6-9(13(16)17)12(14-2)15-11(8)10(5-7)18-3/h4-6H,1-3H3,(H,14,15)(H,16,17). The maximum absolute atomic E-state index is 11.2. The summed E-state index contributed by atoms with van der Waals surface area (Å²) in [5.41, 5.74) is 1.80. The van der Waals surface area contributed by atoms with Gasteiger partial charge in [-0.1, -0.05) is 0 Å². The van der Waals surface area contributed by atoms with Gasteiger partial charge in [0.2, 0.25) is 0 Å². The molecule has 0 atom stereocenters. The smallest absolute Gasteiger partial charge is 0.339 e. The van der Waals surface area contributed by atoms with Crippen LogP contribution in [0.15, 0.2) is 18.2 Å². The van der Waals surface area contributed by atoms with Gasteiger partial charge in [0, 0.05) is 12.4 Å². The lowest BCUT2D eigenvalue weighted by Crippen LogP contribution is -2.05. The number of methoxy groups -OCH3 is 1. The lowest BCUT2D eigenvalue weighted by atomic mass is 10.1. The minimum atomic E-state index is -1.01. The van der Waals surface area contributed by atoms with Crippen molar-refractivity contribution in [2.45, 2.75) is 6.92 Å². The highest BCUT2D eigenvalue weighted by Gasteiger charge is 2.14. The first-order valence-electron chi connectivity index (χ1n) is 5.47. The summed E-state index contributed by atoms with van der Waals surface area (Å²) in [6.45, 7) is 1.92. The molecule has 1 aromatic heterocycles. The van der Waals surface area contributed by atoms with Crippen LogP contribution in [0.4, 0.5) is 5.82 Å². The number of anilines is 1. The van der Waals surface area contributed by atoms with Crippen LogP contribution in [0.2, 0.25) is 0 Å². The van der Waals surface area contributed by atoms with Crippen molar-refractivity contribution in [3.63, 3.8) is 0 Å².